The Hall–Kier alpha value is -2.09. The Morgan fingerprint density at radius 3 is 2.68 bits per heavy atom. The minimum absolute atomic E-state index is 0.0970. The first kappa shape index (κ1) is 20.6. The molecular formula is C20H23ClN2O4S. The Morgan fingerprint density at radius 2 is 1.96 bits per heavy atom. The van der Waals surface area contributed by atoms with E-state index in [1.807, 2.05) is 12.1 Å². The Bertz CT molecular complexity index is 945. The average molecular weight is 423 g/mol. The second-order valence-electron chi connectivity index (χ2n) is 6.83. The molecule has 3 rings (SSSR count). The van der Waals surface area contributed by atoms with Gasteiger partial charge in [-0.25, -0.2) is 13.1 Å². The van der Waals surface area contributed by atoms with Crippen molar-refractivity contribution in [2.75, 3.05) is 26.7 Å². The number of hydrogen-bond donors (Lipinski definition) is 1. The molecule has 1 N–H and O–H groups in total. The fraction of sp³-hybridized carbons (Fsp3) is 0.350. The summed E-state index contributed by atoms with van der Waals surface area (Å²) in [6.45, 7) is 1.05. The van der Waals surface area contributed by atoms with Gasteiger partial charge in [0.2, 0.25) is 10.0 Å². The lowest BCUT2D eigenvalue weighted by Crippen LogP contribution is -2.31. The molecule has 150 valence electrons. The highest BCUT2D eigenvalue weighted by Gasteiger charge is 2.25. The molecule has 0 unspecified atom stereocenters. The van der Waals surface area contributed by atoms with Crippen molar-refractivity contribution < 1.29 is 17.9 Å². The van der Waals surface area contributed by atoms with Gasteiger partial charge >= 0.3 is 0 Å². The van der Waals surface area contributed by atoms with Gasteiger partial charge in [-0.2, -0.15) is 0 Å². The van der Waals surface area contributed by atoms with Gasteiger partial charge in [0.05, 0.1) is 16.5 Å². The molecule has 8 heteroatoms. The van der Waals surface area contributed by atoms with Gasteiger partial charge in [-0.1, -0.05) is 29.8 Å². The number of carbonyl (C=O) groups excluding carboxylic acids is 1. The number of rotatable bonds is 9. The number of nitrogens with one attached hydrogen (secondary N) is 1. The van der Waals surface area contributed by atoms with Crippen LogP contribution in [-0.2, 0) is 10.0 Å². The summed E-state index contributed by atoms with van der Waals surface area (Å²) in [5, 5.41) is 0.507. The van der Waals surface area contributed by atoms with Gasteiger partial charge in [-0.05, 0) is 49.1 Å². The van der Waals surface area contributed by atoms with Gasteiger partial charge < -0.3 is 9.64 Å². The number of carbonyl (C=O) groups is 1. The minimum Gasteiger partial charge on any atom is -0.490 e. The topological polar surface area (TPSA) is 75.7 Å². The van der Waals surface area contributed by atoms with Crippen LogP contribution in [0.3, 0.4) is 0 Å². The first-order valence-electron chi connectivity index (χ1n) is 9.09. The van der Waals surface area contributed by atoms with E-state index in [9.17, 15) is 13.2 Å². The number of para-hydroxylation sites is 1. The van der Waals surface area contributed by atoms with Crippen LogP contribution in [0.25, 0.3) is 0 Å². The summed E-state index contributed by atoms with van der Waals surface area (Å²) in [5.41, 5.74) is 0.314. The van der Waals surface area contributed by atoms with Crippen LogP contribution in [0.2, 0.25) is 5.02 Å². The molecule has 2 aromatic rings. The largest absolute Gasteiger partial charge is 0.490 e. The molecule has 0 spiro atoms. The number of halogens is 1. The molecule has 1 saturated carbocycles. The van der Waals surface area contributed by atoms with Crippen LogP contribution in [0.15, 0.2) is 53.4 Å². The van der Waals surface area contributed by atoms with E-state index in [1.165, 1.54) is 17.0 Å². The molecule has 0 bridgehead atoms. The fourth-order valence-corrected chi connectivity index (χ4v) is 3.96. The fourth-order valence-electron chi connectivity index (χ4n) is 2.61. The number of likely N-dealkylation sites (N-methyl/N-ethyl adjacent to an activating group) is 1. The van der Waals surface area contributed by atoms with Crippen LogP contribution < -0.4 is 9.46 Å². The Balaban J connectivity index is 1.59. The van der Waals surface area contributed by atoms with E-state index >= 15 is 0 Å². The molecule has 1 amide bonds. The predicted octanol–water partition coefficient (Wildman–Crippen LogP) is 3.18. The van der Waals surface area contributed by atoms with Gasteiger partial charge in [-0.3, -0.25) is 4.79 Å². The third-order valence-corrected chi connectivity index (χ3v) is 6.25. The van der Waals surface area contributed by atoms with Crippen molar-refractivity contribution >= 4 is 27.5 Å². The van der Waals surface area contributed by atoms with Crippen LogP contribution in [0.5, 0.6) is 5.75 Å². The van der Waals surface area contributed by atoms with Crippen molar-refractivity contribution in [1.82, 2.24) is 9.62 Å². The number of amides is 1. The highest BCUT2D eigenvalue weighted by atomic mass is 35.5. The van der Waals surface area contributed by atoms with Crippen LogP contribution in [0, 0.1) is 5.92 Å². The summed E-state index contributed by atoms with van der Waals surface area (Å²) >= 11 is 6.04. The van der Waals surface area contributed by atoms with E-state index in [2.05, 4.69) is 4.72 Å². The summed E-state index contributed by atoms with van der Waals surface area (Å²) < 4.78 is 33.0. The van der Waals surface area contributed by atoms with Gasteiger partial charge in [0.1, 0.15) is 12.4 Å². The lowest BCUT2D eigenvalue weighted by molar-refractivity contribution is 0.0773. The molecule has 1 fully saturated rings. The molecule has 1 aliphatic rings. The SMILES string of the molecule is CN(CCOc1ccccc1Cl)C(=O)c1cccc(S(=O)(=O)NCC2CC2)c1. The summed E-state index contributed by atoms with van der Waals surface area (Å²) in [4.78, 5) is 14.2. The maximum Gasteiger partial charge on any atom is 0.253 e. The molecule has 0 heterocycles. The number of nitrogens with zero attached hydrogens (tertiary/aromatic N) is 1. The molecule has 2 aromatic carbocycles. The highest BCUT2D eigenvalue weighted by molar-refractivity contribution is 7.89. The molecule has 1 aliphatic carbocycles. The first-order valence-corrected chi connectivity index (χ1v) is 11.0. The molecule has 28 heavy (non-hydrogen) atoms. The van der Waals surface area contributed by atoms with E-state index < -0.39 is 10.0 Å². The van der Waals surface area contributed by atoms with Gasteiger partial charge in [0, 0.05) is 19.2 Å². The minimum atomic E-state index is -3.61. The van der Waals surface area contributed by atoms with Gasteiger partial charge in [0.15, 0.2) is 0 Å². The van der Waals surface area contributed by atoms with Crippen LogP contribution in [0.1, 0.15) is 23.2 Å². The number of ether oxygens (including phenoxy) is 1. The molecule has 0 atom stereocenters. The van der Waals surface area contributed by atoms with Crippen molar-refractivity contribution in [3.8, 4) is 5.75 Å². The van der Waals surface area contributed by atoms with Gasteiger partial charge in [0.25, 0.3) is 5.91 Å². The average Bonchev–Trinajstić information content (AvgIpc) is 3.52. The standard InChI is InChI=1S/C20H23ClN2O4S/c1-23(11-12-27-19-8-3-2-7-18(19)21)20(24)16-5-4-6-17(13-16)28(25,26)22-14-15-9-10-15/h2-8,13,15,22H,9-12,14H2,1H3. The molecule has 0 saturated heterocycles. The second kappa shape index (κ2) is 8.94. The summed E-state index contributed by atoms with van der Waals surface area (Å²) in [7, 11) is -1.97. The third-order valence-electron chi connectivity index (χ3n) is 4.52. The van der Waals surface area contributed by atoms with E-state index in [1.54, 1.807) is 31.3 Å². The van der Waals surface area contributed by atoms with Crippen molar-refractivity contribution in [3.05, 3.63) is 59.1 Å². The molecule has 0 aromatic heterocycles. The highest BCUT2D eigenvalue weighted by Crippen LogP contribution is 2.28. The lowest BCUT2D eigenvalue weighted by Gasteiger charge is -2.18. The molecule has 0 radical (unpaired) electrons. The number of hydrogen-bond acceptors (Lipinski definition) is 4. The van der Waals surface area contributed by atoms with Crippen LogP contribution in [-0.4, -0.2) is 46.0 Å². The third kappa shape index (κ3) is 5.47. The van der Waals surface area contributed by atoms with Gasteiger partial charge in [-0.15, -0.1) is 0 Å². The first-order chi connectivity index (χ1) is 13.4. The smallest absolute Gasteiger partial charge is 0.253 e. The zero-order valence-corrected chi connectivity index (χ0v) is 17.2. The maximum absolute atomic E-state index is 12.6. The molecule has 0 aliphatic heterocycles. The molecule has 6 nitrogen and oxygen atoms in total. The molecular weight excluding hydrogens is 400 g/mol. The normalized spacial score (nSPS) is 13.9. The van der Waals surface area contributed by atoms with E-state index in [4.69, 9.17) is 16.3 Å². The summed E-state index contributed by atoms with van der Waals surface area (Å²) in [6, 6.07) is 13.2. The zero-order valence-electron chi connectivity index (χ0n) is 15.6. The Labute approximate surface area is 170 Å². The van der Waals surface area contributed by atoms with Crippen molar-refractivity contribution in [2.24, 2.45) is 5.92 Å². The van der Waals surface area contributed by atoms with Crippen molar-refractivity contribution in [1.29, 1.82) is 0 Å². The van der Waals surface area contributed by atoms with Crippen molar-refractivity contribution in [3.63, 3.8) is 0 Å². The maximum atomic E-state index is 12.6. The van der Waals surface area contributed by atoms with E-state index in [0.717, 1.165) is 12.8 Å². The number of benzene rings is 2. The van der Waals surface area contributed by atoms with Crippen LogP contribution >= 0.6 is 11.6 Å². The predicted molar refractivity (Wildman–Crippen MR) is 108 cm³/mol. The van der Waals surface area contributed by atoms with E-state index in [-0.39, 0.29) is 17.4 Å². The summed E-state index contributed by atoms with van der Waals surface area (Å²) in [5.74, 6) is 0.714. The monoisotopic (exact) mass is 422 g/mol. The lowest BCUT2D eigenvalue weighted by atomic mass is 10.2. The van der Waals surface area contributed by atoms with E-state index in [0.29, 0.717) is 35.3 Å². The number of sulfonamides is 1. The second-order valence-corrected chi connectivity index (χ2v) is 9.00. The zero-order chi connectivity index (χ0) is 20.1. The Morgan fingerprint density at radius 1 is 1.21 bits per heavy atom. The van der Waals surface area contributed by atoms with Crippen LogP contribution in [0.4, 0.5) is 0 Å². The van der Waals surface area contributed by atoms with Crippen molar-refractivity contribution in [2.45, 2.75) is 17.7 Å². The quantitative estimate of drug-likeness (QED) is 0.673. The summed E-state index contributed by atoms with van der Waals surface area (Å²) in [6.07, 6.45) is 2.12. The Kier molecular flexibility index (Phi) is 6.59.